The minimum atomic E-state index is -0.275. The Morgan fingerprint density at radius 3 is 2.68 bits per heavy atom. The standard InChI is InChI=1S/C25H33NO5/c1-3-29-22-12-10-19(11-13-22)15-21(25(27)28-2)17-26-16-20-7-4-5-9-24(20)31-18-23-8-6-14-30-23/h4-5,7,9-13,21,23,26H,3,6,8,14-18H2,1-2H3/t21-,23+/m1/s1. The first-order valence-electron chi connectivity index (χ1n) is 11.0. The average molecular weight is 428 g/mol. The molecule has 0 unspecified atom stereocenters. The molecule has 1 aliphatic rings. The summed E-state index contributed by atoms with van der Waals surface area (Å²) in [7, 11) is 1.43. The first-order chi connectivity index (χ1) is 15.2. The van der Waals surface area contributed by atoms with Crippen LogP contribution in [0.5, 0.6) is 11.5 Å². The van der Waals surface area contributed by atoms with Crippen molar-refractivity contribution < 1.29 is 23.7 Å². The minimum absolute atomic E-state index is 0.179. The molecule has 3 rings (SSSR count). The summed E-state index contributed by atoms with van der Waals surface area (Å²) in [6.45, 7) is 5.10. The van der Waals surface area contributed by atoms with Gasteiger partial charge in [0.15, 0.2) is 0 Å². The number of ether oxygens (including phenoxy) is 4. The number of carbonyl (C=O) groups excluding carboxylic acids is 1. The second-order valence-corrected chi connectivity index (χ2v) is 7.69. The third kappa shape index (κ3) is 7.26. The zero-order valence-electron chi connectivity index (χ0n) is 18.5. The number of esters is 1. The van der Waals surface area contributed by atoms with E-state index in [4.69, 9.17) is 18.9 Å². The van der Waals surface area contributed by atoms with Crippen molar-refractivity contribution in [1.29, 1.82) is 0 Å². The number of para-hydroxylation sites is 1. The predicted molar refractivity (Wildman–Crippen MR) is 119 cm³/mol. The van der Waals surface area contributed by atoms with Crippen LogP contribution in [0.1, 0.15) is 30.9 Å². The molecule has 0 bridgehead atoms. The highest BCUT2D eigenvalue weighted by atomic mass is 16.5. The Balaban J connectivity index is 1.54. The van der Waals surface area contributed by atoms with Gasteiger partial charge in [-0.25, -0.2) is 0 Å². The van der Waals surface area contributed by atoms with Crippen LogP contribution >= 0.6 is 0 Å². The SMILES string of the molecule is CCOc1ccc(C[C@H](CNCc2ccccc2OC[C@@H]2CCCO2)C(=O)OC)cc1. The Morgan fingerprint density at radius 1 is 1.16 bits per heavy atom. The van der Waals surface area contributed by atoms with Crippen LogP contribution in [0.4, 0.5) is 0 Å². The maximum atomic E-state index is 12.3. The Morgan fingerprint density at radius 2 is 1.97 bits per heavy atom. The van der Waals surface area contributed by atoms with Crippen LogP contribution in [0.15, 0.2) is 48.5 Å². The van der Waals surface area contributed by atoms with Crippen LogP contribution in [0.25, 0.3) is 0 Å². The highest BCUT2D eigenvalue weighted by molar-refractivity contribution is 5.73. The summed E-state index contributed by atoms with van der Waals surface area (Å²) >= 11 is 0. The summed E-state index contributed by atoms with van der Waals surface area (Å²) in [5.41, 5.74) is 2.13. The van der Waals surface area contributed by atoms with Crippen molar-refractivity contribution >= 4 is 5.97 Å². The van der Waals surface area contributed by atoms with Crippen molar-refractivity contribution in [3.05, 3.63) is 59.7 Å². The molecule has 0 spiro atoms. The monoisotopic (exact) mass is 427 g/mol. The highest BCUT2D eigenvalue weighted by Crippen LogP contribution is 2.21. The third-order valence-electron chi connectivity index (χ3n) is 5.38. The van der Waals surface area contributed by atoms with E-state index >= 15 is 0 Å². The van der Waals surface area contributed by atoms with Gasteiger partial charge in [0.1, 0.15) is 18.1 Å². The largest absolute Gasteiger partial charge is 0.494 e. The summed E-state index contributed by atoms with van der Waals surface area (Å²) < 4.78 is 22.2. The van der Waals surface area contributed by atoms with E-state index in [-0.39, 0.29) is 18.0 Å². The normalized spacial score (nSPS) is 16.6. The van der Waals surface area contributed by atoms with Crippen molar-refractivity contribution in [2.24, 2.45) is 5.92 Å². The van der Waals surface area contributed by atoms with Crippen molar-refractivity contribution in [2.45, 2.75) is 38.8 Å². The molecule has 2 aromatic rings. The molecule has 168 valence electrons. The van der Waals surface area contributed by atoms with Gasteiger partial charge in [0, 0.05) is 25.3 Å². The van der Waals surface area contributed by atoms with Gasteiger partial charge in [0.25, 0.3) is 0 Å². The van der Waals surface area contributed by atoms with Crippen molar-refractivity contribution in [2.75, 3.05) is 33.5 Å². The number of nitrogens with one attached hydrogen (secondary N) is 1. The van der Waals surface area contributed by atoms with E-state index in [0.717, 1.165) is 42.1 Å². The number of benzene rings is 2. The van der Waals surface area contributed by atoms with E-state index in [1.54, 1.807) is 0 Å². The highest BCUT2D eigenvalue weighted by Gasteiger charge is 2.20. The quantitative estimate of drug-likeness (QED) is 0.520. The van der Waals surface area contributed by atoms with E-state index in [2.05, 4.69) is 5.32 Å². The molecule has 1 heterocycles. The predicted octanol–water partition coefficient (Wildman–Crippen LogP) is 3.76. The molecule has 2 atom stereocenters. The third-order valence-corrected chi connectivity index (χ3v) is 5.38. The zero-order chi connectivity index (χ0) is 21.9. The van der Waals surface area contributed by atoms with Gasteiger partial charge in [-0.2, -0.15) is 0 Å². The first-order valence-corrected chi connectivity index (χ1v) is 11.0. The molecular weight excluding hydrogens is 394 g/mol. The van der Waals surface area contributed by atoms with Crippen molar-refractivity contribution in [3.63, 3.8) is 0 Å². The van der Waals surface area contributed by atoms with Crippen molar-refractivity contribution in [1.82, 2.24) is 5.32 Å². The van der Waals surface area contributed by atoms with Crippen LogP contribution in [0.2, 0.25) is 0 Å². The number of rotatable bonds is 12. The summed E-state index contributed by atoms with van der Waals surface area (Å²) in [5, 5.41) is 3.40. The van der Waals surface area contributed by atoms with Gasteiger partial charge in [-0.3, -0.25) is 4.79 Å². The molecule has 6 heteroatoms. The van der Waals surface area contributed by atoms with Crippen LogP contribution in [-0.4, -0.2) is 45.5 Å². The number of hydrogen-bond donors (Lipinski definition) is 1. The van der Waals surface area contributed by atoms with Crippen molar-refractivity contribution in [3.8, 4) is 11.5 Å². The molecule has 0 radical (unpaired) electrons. The fourth-order valence-electron chi connectivity index (χ4n) is 3.71. The lowest BCUT2D eigenvalue weighted by Gasteiger charge is -2.18. The van der Waals surface area contributed by atoms with Crippen LogP contribution in [0.3, 0.4) is 0 Å². The molecule has 0 amide bonds. The summed E-state index contributed by atoms with van der Waals surface area (Å²) in [5.74, 6) is 1.19. The second-order valence-electron chi connectivity index (χ2n) is 7.69. The fourth-order valence-corrected chi connectivity index (χ4v) is 3.71. The Kier molecular flexibility index (Phi) is 9.18. The van der Waals surface area contributed by atoms with Gasteiger partial charge in [0.05, 0.1) is 25.7 Å². The van der Waals surface area contributed by atoms with Crippen LogP contribution in [0, 0.1) is 5.92 Å². The number of carbonyl (C=O) groups is 1. The molecule has 1 N–H and O–H groups in total. The molecule has 0 saturated carbocycles. The number of methoxy groups -OCH3 is 1. The van der Waals surface area contributed by atoms with E-state index < -0.39 is 0 Å². The van der Waals surface area contributed by atoms with E-state index in [1.807, 2.05) is 55.5 Å². The molecule has 1 saturated heterocycles. The Labute approximate surface area is 184 Å². The summed E-state index contributed by atoms with van der Waals surface area (Å²) in [6, 6.07) is 15.8. The Bertz CT molecular complexity index is 802. The second kappa shape index (κ2) is 12.3. The first kappa shape index (κ1) is 23.1. The molecule has 0 aromatic heterocycles. The lowest BCUT2D eigenvalue weighted by molar-refractivity contribution is -0.145. The van der Waals surface area contributed by atoms with Gasteiger partial charge >= 0.3 is 5.97 Å². The average Bonchev–Trinajstić information content (AvgIpc) is 3.32. The minimum Gasteiger partial charge on any atom is -0.494 e. The van der Waals surface area contributed by atoms with Gasteiger partial charge < -0.3 is 24.3 Å². The maximum Gasteiger partial charge on any atom is 0.310 e. The molecule has 0 aliphatic carbocycles. The van der Waals surface area contributed by atoms with Gasteiger partial charge in [0.2, 0.25) is 0 Å². The van der Waals surface area contributed by atoms with Gasteiger partial charge in [-0.1, -0.05) is 30.3 Å². The zero-order valence-corrected chi connectivity index (χ0v) is 18.5. The number of hydrogen-bond acceptors (Lipinski definition) is 6. The van der Waals surface area contributed by atoms with E-state index in [1.165, 1.54) is 7.11 Å². The van der Waals surface area contributed by atoms with Crippen LogP contribution < -0.4 is 14.8 Å². The maximum absolute atomic E-state index is 12.3. The molecule has 1 aliphatic heterocycles. The smallest absolute Gasteiger partial charge is 0.310 e. The fraction of sp³-hybridized carbons (Fsp3) is 0.480. The molecule has 1 fully saturated rings. The van der Waals surface area contributed by atoms with Gasteiger partial charge in [-0.15, -0.1) is 0 Å². The molecule has 6 nitrogen and oxygen atoms in total. The van der Waals surface area contributed by atoms with E-state index in [9.17, 15) is 4.79 Å². The molecule has 2 aromatic carbocycles. The lowest BCUT2D eigenvalue weighted by atomic mass is 9.99. The lowest BCUT2D eigenvalue weighted by Crippen LogP contribution is -2.31. The molecular formula is C25H33NO5. The van der Waals surface area contributed by atoms with Crippen LogP contribution in [-0.2, 0) is 27.2 Å². The van der Waals surface area contributed by atoms with Gasteiger partial charge in [-0.05, 0) is 49.9 Å². The molecule has 31 heavy (non-hydrogen) atoms. The Hall–Kier alpha value is -2.57. The topological polar surface area (TPSA) is 66.0 Å². The summed E-state index contributed by atoms with van der Waals surface area (Å²) in [4.78, 5) is 12.3. The van der Waals surface area contributed by atoms with E-state index in [0.29, 0.717) is 32.7 Å². The summed E-state index contributed by atoms with van der Waals surface area (Å²) in [6.07, 6.45) is 2.93.